The largest absolute Gasteiger partial charge is 0.490 e. The van der Waals surface area contributed by atoms with Crippen LogP contribution in [0, 0.1) is 0 Å². The van der Waals surface area contributed by atoms with Crippen molar-refractivity contribution in [2.45, 2.75) is 26.4 Å². The number of benzene rings is 2. The average Bonchev–Trinajstić information content (AvgIpc) is 2.36. The van der Waals surface area contributed by atoms with Gasteiger partial charge in [0.2, 0.25) is 0 Å². The molecule has 102 valence electrons. The molecule has 0 bridgehead atoms. The summed E-state index contributed by atoms with van der Waals surface area (Å²) in [6.07, 6.45) is 0. The van der Waals surface area contributed by atoms with Gasteiger partial charge in [-0.05, 0) is 53.5 Å². The minimum absolute atomic E-state index is 0.121. The zero-order valence-corrected chi connectivity index (χ0v) is 13.2. The van der Waals surface area contributed by atoms with Crippen LogP contribution in [0.2, 0.25) is 0 Å². The van der Waals surface area contributed by atoms with E-state index in [2.05, 4.69) is 34.1 Å². The first-order valence-corrected chi connectivity index (χ1v) is 7.21. The maximum Gasteiger partial charge on any atom is 0.134 e. The van der Waals surface area contributed by atoms with E-state index in [1.54, 1.807) is 0 Å². The van der Waals surface area contributed by atoms with Gasteiger partial charge in [-0.15, -0.1) is 0 Å². The molecule has 0 atom stereocenters. The van der Waals surface area contributed by atoms with Gasteiger partial charge in [-0.1, -0.05) is 30.3 Å². The van der Waals surface area contributed by atoms with Crippen molar-refractivity contribution in [1.29, 1.82) is 0 Å². The Bertz CT molecular complexity index is 558. The highest BCUT2D eigenvalue weighted by atomic mass is 79.9. The van der Waals surface area contributed by atoms with Gasteiger partial charge in [0.25, 0.3) is 0 Å². The predicted molar refractivity (Wildman–Crippen MR) is 82.8 cm³/mol. The molecule has 3 heteroatoms. The third-order valence-electron chi connectivity index (χ3n) is 2.70. The maximum absolute atomic E-state index is 5.77. The van der Waals surface area contributed by atoms with E-state index in [4.69, 9.17) is 9.47 Å². The molecule has 0 aromatic heterocycles. The van der Waals surface area contributed by atoms with Crippen LogP contribution in [0.1, 0.15) is 20.8 Å². The van der Waals surface area contributed by atoms with E-state index in [-0.39, 0.29) is 5.60 Å². The van der Waals surface area contributed by atoms with Crippen LogP contribution >= 0.6 is 15.9 Å². The van der Waals surface area contributed by atoms with Gasteiger partial charge < -0.3 is 9.47 Å². The topological polar surface area (TPSA) is 18.5 Å². The van der Waals surface area contributed by atoms with Gasteiger partial charge in [0.15, 0.2) is 0 Å². The molecule has 2 nitrogen and oxygen atoms in total. The van der Waals surface area contributed by atoms with Gasteiger partial charge in [-0.2, -0.15) is 0 Å². The molecule has 2 rings (SSSR count). The van der Waals surface area contributed by atoms with Crippen LogP contribution in [0.4, 0.5) is 0 Å². The lowest BCUT2D eigenvalue weighted by Gasteiger charge is -2.19. The zero-order chi connectivity index (χ0) is 13.9. The lowest BCUT2D eigenvalue weighted by molar-refractivity contribution is -0.0163. The third kappa shape index (κ3) is 3.95. The molecule has 0 heterocycles. The number of hydrogen-bond donors (Lipinski definition) is 0. The lowest BCUT2D eigenvalue weighted by atomic mass is 10.1. The molecule has 0 aliphatic carbocycles. The Labute approximate surface area is 122 Å². The maximum atomic E-state index is 5.77. The van der Waals surface area contributed by atoms with Gasteiger partial charge in [0, 0.05) is 0 Å². The second-order valence-corrected chi connectivity index (χ2v) is 6.20. The van der Waals surface area contributed by atoms with Crippen molar-refractivity contribution >= 4 is 26.7 Å². The Balaban J connectivity index is 2.03. The van der Waals surface area contributed by atoms with Crippen LogP contribution in [0.5, 0.6) is 5.75 Å². The highest BCUT2D eigenvalue weighted by molar-refractivity contribution is 9.10. The smallest absolute Gasteiger partial charge is 0.134 e. The van der Waals surface area contributed by atoms with E-state index >= 15 is 0 Å². The molecule has 0 aliphatic rings. The second-order valence-electron chi connectivity index (χ2n) is 5.41. The number of ether oxygens (including phenoxy) is 2. The summed E-state index contributed by atoms with van der Waals surface area (Å²) in [5.74, 6) is 0.858. The fourth-order valence-electron chi connectivity index (χ4n) is 1.82. The molecule has 19 heavy (non-hydrogen) atoms. The molecule has 2 aromatic rings. The highest BCUT2D eigenvalue weighted by Crippen LogP contribution is 2.32. The molecule has 0 spiro atoms. The molecule has 0 amide bonds. The fourth-order valence-corrected chi connectivity index (χ4v) is 2.43. The summed E-state index contributed by atoms with van der Waals surface area (Å²) in [5.41, 5.74) is -0.121. The first-order valence-electron chi connectivity index (χ1n) is 6.41. The lowest BCUT2D eigenvalue weighted by Crippen LogP contribution is -2.22. The zero-order valence-electron chi connectivity index (χ0n) is 11.6. The Morgan fingerprint density at radius 1 is 1.00 bits per heavy atom. The summed E-state index contributed by atoms with van der Waals surface area (Å²) in [6, 6.07) is 12.3. The van der Waals surface area contributed by atoms with Crippen molar-refractivity contribution in [3.63, 3.8) is 0 Å². The molecule has 0 radical (unpaired) electrons. The Hall–Kier alpha value is -1.06. The molecule has 0 aliphatic heterocycles. The molecule has 0 saturated carbocycles. The first-order chi connectivity index (χ1) is 8.97. The molecule has 0 fully saturated rings. The average molecular weight is 323 g/mol. The summed E-state index contributed by atoms with van der Waals surface area (Å²) in [6.45, 7) is 7.26. The van der Waals surface area contributed by atoms with Crippen molar-refractivity contribution in [2.24, 2.45) is 0 Å². The Morgan fingerprint density at radius 3 is 2.47 bits per heavy atom. The van der Waals surface area contributed by atoms with Crippen LogP contribution < -0.4 is 4.74 Å². The van der Waals surface area contributed by atoms with Crippen molar-refractivity contribution in [3.05, 3.63) is 40.9 Å². The monoisotopic (exact) mass is 322 g/mol. The molecule has 0 N–H and O–H groups in total. The van der Waals surface area contributed by atoms with Crippen LogP contribution in [0.15, 0.2) is 40.9 Å². The summed E-state index contributed by atoms with van der Waals surface area (Å²) >= 11 is 3.61. The van der Waals surface area contributed by atoms with E-state index in [9.17, 15) is 0 Å². The van der Waals surface area contributed by atoms with Gasteiger partial charge in [0.1, 0.15) is 12.4 Å². The number of fused-ring (bicyclic) bond motifs is 1. The number of hydrogen-bond acceptors (Lipinski definition) is 2. The van der Waals surface area contributed by atoms with E-state index in [1.807, 2.05) is 39.0 Å². The van der Waals surface area contributed by atoms with Crippen LogP contribution in [-0.2, 0) is 4.74 Å². The first kappa shape index (κ1) is 14.4. The molecule has 2 aromatic carbocycles. The highest BCUT2D eigenvalue weighted by Gasteiger charge is 2.10. The normalized spacial score (nSPS) is 11.8. The van der Waals surface area contributed by atoms with Gasteiger partial charge in [0.05, 0.1) is 16.7 Å². The molecular formula is C16H19BrO2. The van der Waals surface area contributed by atoms with Gasteiger partial charge in [-0.25, -0.2) is 0 Å². The van der Waals surface area contributed by atoms with E-state index in [0.29, 0.717) is 13.2 Å². The van der Waals surface area contributed by atoms with Gasteiger partial charge in [-0.3, -0.25) is 0 Å². The van der Waals surface area contributed by atoms with E-state index in [1.165, 1.54) is 5.39 Å². The Kier molecular flexibility index (Phi) is 4.48. The van der Waals surface area contributed by atoms with Crippen LogP contribution in [0.3, 0.4) is 0 Å². The summed E-state index contributed by atoms with van der Waals surface area (Å²) in [5, 5.41) is 2.37. The molecule has 0 saturated heterocycles. The second kappa shape index (κ2) is 5.93. The predicted octanol–water partition coefficient (Wildman–Crippen LogP) is 4.80. The minimum atomic E-state index is -0.121. The molecular weight excluding hydrogens is 304 g/mol. The van der Waals surface area contributed by atoms with Crippen molar-refractivity contribution in [1.82, 2.24) is 0 Å². The number of rotatable bonds is 4. The van der Waals surface area contributed by atoms with Crippen LogP contribution in [-0.4, -0.2) is 18.8 Å². The number of halogens is 1. The van der Waals surface area contributed by atoms with E-state index < -0.39 is 0 Å². The fraction of sp³-hybridized carbons (Fsp3) is 0.375. The van der Waals surface area contributed by atoms with E-state index in [0.717, 1.165) is 15.6 Å². The quantitative estimate of drug-likeness (QED) is 0.753. The van der Waals surface area contributed by atoms with Crippen LogP contribution in [0.25, 0.3) is 10.8 Å². The minimum Gasteiger partial charge on any atom is -0.490 e. The summed E-state index contributed by atoms with van der Waals surface area (Å²) in [4.78, 5) is 0. The van der Waals surface area contributed by atoms with Crippen molar-refractivity contribution < 1.29 is 9.47 Å². The Morgan fingerprint density at radius 2 is 1.74 bits per heavy atom. The summed E-state index contributed by atoms with van der Waals surface area (Å²) < 4.78 is 12.4. The van der Waals surface area contributed by atoms with Crippen molar-refractivity contribution in [3.8, 4) is 5.75 Å². The summed E-state index contributed by atoms with van der Waals surface area (Å²) in [7, 11) is 0. The third-order valence-corrected chi connectivity index (χ3v) is 3.52. The SMILES string of the molecule is CC(C)(C)OCCOc1ccc2ccccc2c1Br. The standard InChI is InChI=1S/C16H19BrO2/c1-16(2,3)19-11-10-18-14-9-8-12-6-4-5-7-13(12)15(14)17/h4-9H,10-11H2,1-3H3. The molecule has 0 unspecified atom stereocenters. The van der Waals surface area contributed by atoms with Gasteiger partial charge >= 0.3 is 0 Å². The van der Waals surface area contributed by atoms with Crippen molar-refractivity contribution in [2.75, 3.05) is 13.2 Å².